The molecule has 8 nitrogen and oxygen atoms in total. The Bertz CT molecular complexity index is 1200. The summed E-state index contributed by atoms with van der Waals surface area (Å²) in [5.74, 6) is 2.18. The number of nitrogens with one attached hydrogen (secondary N) is 1. The first-order chi connectivity index (χ1) is 16.8. The summed E-state index contributed by atoms with van der Waals surface area (Å²) < 4.78 is 39.5. The molecular formula is C24H29F3N8. The normalized spacial score (nSPS) is 17.0. The largest absolute Gasteiger partial charge is 0.416 e. The highest BCUT2D eigenvalue weighted by atomic mass is 19.4. The van der Waals surface area contributed by atoms with Gasteiger partial charge in [-0.25, -0.2) is 9.97 Å². The molecule has 0 saturated carbocycles. The van der Waals surface area contributed by atoms with Gasteiger partial charge >= 0.3 is 6.18 Å². The Hall–Kier alpha value is -3.34. The second-order valence-electron chi connectivity index (χ2n) is 9.20. The van der Waals surface area contributed by atoms with E-state index in [2.05, 4.69) is 32.0 Å². The van der Waals surface area contributed by atoms with Crippen molar-refractivity contribution in [1.29, 1.82) is 0 Å². The smallest absolute Gasteiger partial charge is 0.399 e. The summed E-state index contributed by atoms with van der Waals surface area (Å²) in [6.45, 7) is 5.93. The van der Waals surface area contributed by atoms with E-state index in [0.717, 1.165) is 74.5 Å². The molecule has 0 spiro atoms. The van der Waals surface area contributed by atoms with Crippen LogP contribution in [0, 0.1) is 0 Å². The molecule has 3 N–H and O–H groups in total. The van der Waals surface area contributed by atoms with Crippen LogP contribution in [0.1, 0.15) is 17.5 Å². The predicted molar refractivity (Wildman–Crippen MR) is 132 cm³/mol. The van der Waals surface area contributed by atoms with E-state index in [9.17, 15) is 13.2 Å². The number of benzene rings is 1. The second kappa shape index (κ2) is 9.37. The average molecular weight is 487 g/mol. The van der Waals surface area contributed by atoms with Crippen molar-refractivity contribution >= 4 is 34.2 Å². The maximum Gasteiger partial charge on any atom is 0.416 e. The van der Waals surface area contributed by atoms with E-state index in [1.165, 1.54) is 0 Å². The Labute approximate surface area is 201 Å². The van der Waals surface area contributed by atoms with Crippen LogP contribution in [0.5, 0.6) is 0 Å². The molecule has 2 fully saturated rings. The molecule has 186 valence electrons. The van der Waals surface area contributed by atoms with Crippen LogP contribution in [0.15, 0.2) is 30.5 Å². The third kappa shape index (κ3) is 5.19. The highest BCUT2D eigenvalue weighted by Crippen LogP contribution is 2.32. The number of hydrogen-bond donors (Lipinski definition) is 2. The highest BCUT2D eigenvalue weighted by Gasteiger charge is 2.31. The fourth-order valence-electron chi connectivity index (χ4n) is 4.36. The van der Waals surface area contributed by atoms with Gasteiger partial charge in [0.05, 0.1) is 17.3 Å². The number of aromatic nitrogens is 3. The molecule has 11 heteroatoms. The molecule has 0 unspecified atom stereocenters. The molecule has 0 atom stereocenters. The number of alkyl halides is 3. The van der Waals surface area contributed by atoms with Gasteiger partial charge in [0, 0.05) is 56.9 Å². The van der Waals surface area contributed by atoms with Gasteiger partial charge in [0.1, 0.15) is 11.6 Å². The van der Waals surface area contributed by atoms with Crippen molar-refractivity contribution in [2.45, 2.75) is 19.0 Å². The lowest BCUT2D eigenvalue weighted by molar-refractivity contribution is -0.137. The van der Waals surface area contributed by atoms with Gasteiger partial charge in [-0.1, -0.05) is 0 Å². The molecule has 4 heterocycles. The zero-order chi connectivity index (χ0) is 24.6. The lowest BCUT2D eigenvalue weighted by Gasteiger charge is -2.33. The van der Waals surface area contributed by atoms with Gasteiger partial charge in [0.2, 0.25) is 5.95 Å². The van der Waals surface area contributed by atoms with E-state index in [4.69, 9.17) is 15.7 Å². The molecule has 0 amide bonds. The number of likely N-dealkylation sites (N-methyl/N-ethyl adjacent to an activating group) is 1. The fourth-order valence-corrected chi connectivity index (χ4v) is 4.36. The Morgan fingerprint density at radius 2 is 1.74 bits per heavy atom. The number of nitrogens with zero attached hydrogens (tertiary/aromatic N) is 6. The molecule has 35 heavy (non-hydrogen) atoms. The summed E-state index contributed by atoms with van der Waals surface area (Å²) in [5.41, 5.74) is 6.35. The summed E-state index contributed by atoms with van der Waals surface area (Å²) in [4.78, 5) is 20.8. The monoisotopic (exact) mass is 486 g/mol. The van der Waals surface area contributed by atoms with Crippen molar-refractivity contribution < 1.29 is 13.2 Å². The maximum absolute atomic E-state index is 13.2. The van der Waals surface area contributed by atoms with E-state index >= 15 is 0 Å². The first-order valence-corrected chi connectivity index (χ1v) is 11.8. The molecule has 2 aliphatic rings. The van der Waals surface area contributed by atoms with Gasteiger partial charge in [0.15, 0.2) is 0 Å². The second-order valence-corrected chi connectivity index (χ2v) is 9.20. The van der Waals surface area contributed by atoms with E-state index in [0.29, 0.717) is 30.3 Å². The van der Waals surface area contributed by atoms with Gasteiger partial charge in [-0.3, -0.25) is 0 Å². The average Bonchev–Trinajstić information content (AvgIpc) is 2.77. The van der Waals surface area contributed by atoms with Gasteiger partial charge in [-0.15, -0.1) is 0 Å². The zero-order valence-corrected chi connectivity index (χ0v) is 19.6. The number of nitrogens with two attached hydrogens (primary N) is 1. The van der Waals surface area contributed by atoms with Gasteiger partial charge < -0.3 is 25.8 Å². The SMILES string of the molecule is CN1CCN(c2cc3c(NCCc4cc(N)cc(C(F)(F)F)c4)nc(N4CCC4)nc3cn2)CC1. The number of hydrogen-bond acceptors (Lipinski definition) is 8. The van der Waals surface area contributed by atoms with Crippen LogP contribution in [0.2, 0.25) is 0 Å². The summed E-state index contributed by atoms with van der Waals surface area (Å²) in [6, 6.07) is 5.69. The minimum atomic E-state index is -4.43. The van der Waals surface area contributed by atoms with Gasteiger partial charge in [-0.05, 0) is 49.7 Å². The highest BCUT2D eigenvalue weighted by molar-refractivity contribution is 5.91. The summed E-state index contributed by atoms with van der Waals surface area (Å²) in [6.07, 6.45) is -1.18. The molecule has 0 aliphatic carbocycles. The number of halogens is 3. The Kier molecular flexibility index (Phi) is 6.26. The van der Waals surface area contributed by atoms with Crippen molar-refractivity contribution in [3.63, 3.8) is 0 Å². The Morgan fingerprint density at radius 3 is 2.43 bits per heavy atom. The number of piperazine rings is 1. The quantitative estimate of drug-likeness (QED) is 0.514. The van der Waals surface area contributed by atoms with Gasteiger partial charge in [0.25, 0.3) is 0 Å². The maximum atomic E-state index is 13.2. The zero-order valence-electron chi connectivity index (χ0n) is 19.6. The molecule has 1 aromatic carbocycles. The molecule has 5 rings (SSSR count). The summed E-state index contributed by atoms with van der Waals surface area (Å²) >= 11 is 0. The number of fused-ring (bicyclic) bond motifs is 1. The molecule has 3 aromatic rings. The predicted octanol–water partition coefficient (Wildman–Crippen LogP) is 3.24. The molecule has 0 radical (unpaired) electrons. The van der Waals surface area contributed by atoms with Crippen molar-refractivity contribution in [1.82, 2.24) is 19.9 Å². The Balaban J connectivity index is 1.40. The van der Waals surface area contributed by atoms with Crippen LogP contribution < -0.4 is 20.9 Å². The van der Waals surface area contributed by atoms with Crippen molar-refractivity contribution in [2.24, 2.45) is 0 Å². The lowest BCUT2D eigenvalue weighted by atomic mass is 10.1. The number of pyridine rings is 1. The standard InChI is InChI=1S/C24H29F3N8/c1-33-7-9-34(10-8-33)21-14-19-20(15-30-21)31-23(35-5-2-6-35)32-22(19)29-4-3-16-11-17(24(25,26)27)13-18(28)12-16/h11-15H,2-10,28H2,1H3,(H,29,31,32). The van der Waals surface area contributed by atoms with Crippen LogP contribution in [0.25, 0.3) is 10.9 Å². The van der Waals surface area contributed by atoms with Crippen LogP contribution >= 0.6 is 0 Å². The topological polar surface area (TPSA) is 86.4 Å². The van der Waals surface area contributed by atoms with E-state index in [-0.39, 0.29) is 5.69 Å². The van der Waals surface area contributed by atoms with Crippen molar-refractivity contribution in [2.75, 3.05) is 73.7 Å². The van der Waals surface area contributed by atoms with E-state index in [1.807, 2.05) is 6.07 Å². The molecule has 2 aromatic heterocycles. The van der Waals surface area contributed by atoms with Crippen molar-refractivity contribution in [3.05, 3.63) is 41.6 Å². The van der Waals surface area contributed by atoms with E-state index < -0.39 is 11.7 Å². The number of anilines is 4. The third-order valence-corrected chi connectivity index (χ3v) is 6.57. The minimum absolute atomic E-state index is 0.102. The summed E-state index contributed by atoms with van der Waals surface area (Å²) in [7, 11) is 2.11. The fraction of sp³-hybridized carbons (Fsp3) is 0.458. The molecule has 2 aliphatic heterocycles. The van der Waals surface area contributed by atoms with Crippen molar-refractivity contribution in [3.8, 4) is 0 Å². The molecule has 2 saturated heterocycles. The van der Waals surface area contributed by atoms with Crippen LogP contribution in [-0.2, 0) is 12.6 Å². The Morgan fingerprint density at radius 1 is 0.971 bits per heavy atom. The van der Waals surface area contributed by atoms with Crippen LogP contribution in [0.4, 0.5) is 36.4 Å². The number of rotatable bonds is 6. The molecular weight excluding hydrogens is 457 g/mol. The third-order valence-electron chi connectivity index (χ3n) is 6.57. The molecule has 0 bridgehead atoms. The number of nitrogen functional groups attached to an aromatic ring is 1. The first kappa shape index (κ1) is 23.4. The van der Waals surface area contributed by atoms with E-state index in [1.54, 1.807) is 12.3 Å². The van der Waals surface area contributed by atoms with Gasteiger partial charge in [-0.2, -0.15) is 18.2 Å². The van der Waals surface area contributed by atoms with Crippen LogP contribution in [0.3, 0.4) is 0 Å². The van der Waals surface area contributed by atoms with Crippen LogP contribution in [-0.4, -0.2) is 72.7 Å². The lowest BCUT2D eigenvalue weighted by Crippen LogP contribution is -2.44. The summed E-state index contributed by atoms with van der Waals surface area (Å²) in [5, 5.41) is 4.19. The first-order valence-electron chi connectivity index (χ1n) is 11.8. The minimum Gasteiger partial charge on any atom is -0.399 e.